The molecule has 1 aromatic heterocycles. The van der Waals surface area contributed by atoms with Crippen LogP contribution in [-0.2, 0) is 6.54 Å². The van der Waals surface area contributed by atoms with Gasteiger partial charge in [0.25, 0.3) is 0 Å². The van der Waals surface area contributed by atoms with Crippen molar-refractivity contribution in [3.8, 4) is 0 Å². The Balaban J connectivity index is 2.07. The summed E-state index contributed by atoms with van der Waals surface area (Å²) in [6, 6.07) is 9.10. The van der Waals surface area contributed by atoms with Gasteiger partial charge in [0, 0.05) is 24.6 Å². The number of rotatable bonds is 4. The highest BCUT2D eigenvalue weighted by atomic mass is 16.4. The highest BCUT2D eigenvalue weighted by Crippen LogP contribution is 2.16. The van der Waals surface area contributed by atoms with E-state index in [4.69, 9.17) is 5.11 Å². The SMILES string of the molecule is Cc1cc(NCc2ccncc2)ccc1C(=O)O. The van der Waals surface area contributed by atoms with Crippen LogP contribution in [0.3, 0.4) is 0 Å². The molecule has 4 heteroatoms. The second kappa shape index (κ2) is 5.31. The van der Waals surface area contributed by atoms with E-state index in [9.17, 15) is 4.79 Å². The van der Waals surface area contributed by atoms with Gasteiger partial charge in [-0.15, -0.1) is 0 Å². The summed E-state index contributed by atoms with van der Waals surface area (Å²) in [6.45, 7) is 2.48. The molecule has 0 radical (unpaired) electrons. The molecule has 4 nitrogen and oxygen atoms in total. The molecule has 2 rings (SSSR count). The largest absolute Gasteiger partial charge is 0.478 e. The van der Waals surface area contributed by atoms with E-state index in [-0.39, 0.29) is 0 Å². The molecule has 0 unspecified atom stereocenters. The number of carbonyl (C=O) groups is 1. The molecule has 0 aliphatic carbocycles. The second-order valence-electron chi connectivity index (χ2n) is 4.04. The first-order valence-corrected chi connectivity index (χ1v) is 5.63. The van der Waals surface area contributed by atoms with Crippen LogP contribution in [0.15, 0.2) is 42.7 Å². The molecular formula is C14H14N2O2. The van der Waals surface area contributed by atoms with Crippen molar-refractivity contribution in [3.05, 3.63) is 59.4 Å². The van der Waals surface area contributed by atoms with Crippen molar-refractivity contribution >= 4 is 11.7 Å². The molecule has 92 valence electrons. The average molecular weight is 242 g/mol. The van der Waals surface area contributed by atoms with Crippen molar-refractivity contribution in [2.24, 2.45) is 0 Å². The fraction of sp³-hybridized carbons (Fsp3) is 0.143. The van der Waals surface area contributed by atoms with Crippen LogP contribution < -0.4 is 5.32 Å². The van der Waals surface area contributed by atoms with Crippen LogP contribution in [0.5, 0.6) is 0 Å². The molecule has 0 saturated carbocycles. The highest BCUT2D eigenvalue weighted by molar-refractivity contribution is 5.89. The number of hydrogen-bond donors (Lipinski definition) is 2. The van der Waals surface area contributed by atoms with Crippen LogP contribution in [0.25, 0.3) is 0 Å². The predicted octanol–water partition coefficient (Wildman–Crippen LogP) is 2.70. The molecule has 0 amide bonds. The van der Waals surface area contributed by atoms with E-state index in [1.54, 1.807) is 31.5 Å². The first-order valence-electron chi connectivity index (χ1n) is 5.63. The number of pyridine rings is 1. The summed E-state index contributed by atoms with van der Waals surface area (Å²) in [4.78, 5) is 14.8. The number of aromatic carboxylic acids is 1. The summed E-state index contributed by atoms with van der Waals surface area (Å²) < 4.78 is 0. The lowest BCUT2D eigenvalue weighted by molar-refractivity contribution is 0.0696. The van der Waals surface area contributed by atoms with Crippen molar-refractivity contribution in [1.82, 2.24) is 4.98 Å². The summed E-state index contributed by atoms with van der Waals surface area (Å²) in [6.07, 6.45) is 3.49. The van der Waals surface area contributed by atoms with Crippen molar-refractivity contribution in [2.75, 3.05) is 5.32 Å². The zero-order chi connectivity index (χ0) is 13.0. The van der Waals surface area contributed by atoms with E-state index >= 15 is 0 Å². The first-order chi connectivity index (χ1) is 8.66. The summed E-state index contributed by atoms with van der Waals surface area (Å²) in [5, 5.41) is 12.2. The fourth-order valence-electron chi connectivity index (χ4n) is 1.72. The van der Waals surface area contributed by atoms with E-state index in [1.807, 2.05) is 18.2 Å². The van der Waals surface area contributed by atoms with Crippen LogP contribution in [0.4, 0.5) is 5.69 Å². The third kappa shape index (κ3) is 2.85. The lowest BCUT2D eigenvalue weighted by Gasteiger charge is -2.08. The van der Waals surface area contributed by atoms with Gasteiger partial charge in [-0.1, -0.05) is 0 Å². The Morgan fingerprint density at radius 2 is 2.00 bits per heavy atom. The van der Waals surface area contributed by atoms with Gasteiger partial charge in [-0.2, -0.15) is 0 Å². The maximum Gasteiger partial charge on any atom is 0.335 e. The van der Waals surface area contributed by atoms with Crippen LogP contribution in [0.2, 0.25) is 0 Å². The maximum atomic E-state index is 10.9. The van der Waals surface area contributed by atoms with Gasteiger partial charge >= 0.3 is 5.97 Å². The minimum atomic E-state index is -0.895. The number of benzene rings is 1. The smallest absolute Gasteiger partial charge is 0.335 e. The highest BCUT2D eigenvalue weighted by Gasteiger charge is 2.06. The number of aromatic nitrogens is 1. The van der Waals surface area contributed by atoms with E-state index < -0.39 is 5.97 Å². The van der Waals surface area contributed by atoms with E-state index in [0.717, 1.165) is 16.8 Å². The Hall–Kier alpha value is -2.36. The van der Waals surface area contributed by atoms with Crippen molar-refractivity contribution in [3.63, 3.8) is 0 Å². The molecule has 0 saturated heterocycles. The molecule has 2 aromatic rings. The molecule has 18 heavy (non-hydrogen) atoms. The molecule has 1 heterocycles. The standard InChI is InChI=1S/C14H14N2O2/c1-10-8-12(2-3-13(10)14(17)18)16-9-11-4-6-15-7-5-11/h2-8,16H,9H2,1H3,(H,17,18). The molecule has 0 bridgehead atoms. The number of carboxylic acids is 1. The van der Waals surface area contributed by atoms with Crippen LogP contribution in [0.1, 0.15) is 21.5 Å². The van der Waals surface area contributed by atoms with E-state index in [0.29, 0.717) is 12.1 Å². The third-order valence-electron chi connectivity index (χ3n) is 2.70. The summed E-state index contributed by atoms with van der Waals surface area (Å²) in [7, 11) is 0. The van der Waals surface area contributed by atoms with Gasteiger partial charge in [0.15, 0.2) is 0 Å². The number of aryl methyl sites for hydroxylation is 1. The summed E-state index contributed by atoms with van der Waals surface area (Å²) >= 11 is 0. The first kappa shape index (κ1) is 12.1. The molecular weight excluding hydrogens is 228 g/mol. The van der Waals surface area contributed by atoms with Crippen LogP contribution >= 0.6 is 0 Å². The number of carboxylic acid groups (broad SMARTS) is 1. The van der Waals surface area contributed by atoms with Crippen molar-refractivity contribution in [2.45, 2.75) is 13.5 Å². The number of anilines is 1. The van der Waals surface area contributed by atoms with Gasteiger partial charge in [-0.3, -0.25) is 4.98 Å². The molecule has 1 aromatic carbocycles. The lowest BCUT2D eigenvalue weighted by Crippen LogP contribution is -2.03. The Morgan fingerprint density at radius 3 is 2.61 bits per heavy atom. The van der Waals surface area contributed by atoms with Gasteiger partial charge in [-0.05, 0) is 48.4 Å². The summed E-state index contributed by atoms with van der Waals surface area (Å²) in [5.41, 5.74) is 3.13. The fourth-order valence-corrected chi connectivity index (χ4v) is 1.72. The normalized spacial score (nSPS) is 10.1. The molecule has 0 aliphatic rings. The maximum absolute atomic E-state index is 10.9. The number of nitrogens with zero attached hydrogens (tertiary/aromatic N) is 1. The molecule has 0 fully saturated rings. The molecule has 0 atom stereocenters. The quantitative estimate of drug-likeness (QED) is 0.865. The Morgan fingerprint density at radius 1 is 1.28 bits per heavy atom. The molecule has 2 N–H and O–H groups in total. The Labute approximate surface area is 105 Å². The zero-order valence-electron chi connectivity index (χ0n) is 10.1. The average Bonchev–Trinajstić information content (AvgIpc) is 2.37. The lowest BCUT2D eigenvalue weighted by atomic mass is 10.1. The van der Waals surface area contributed by atoms with Gasteiger partial charge in [-0.25, -0.2) is 4.79 Å². The predicted molar refractivity (Wildman–Crippen MR) is 69.7 cm³/mol. The Bertz CT molecular complexity index is 553. The number of nitrogens with one attached hydrogen (secondary N) is 1. The van der Waals surface area contributed by atoms with Gasteiger partial charge in [0.1, 0.15) is 0 Å². The molecule has 0 aliphatic heterocycles. The third-order valence-corrected chi connectivity index (χ3v) is 2.70. The van der Waals surface area contributed by atoms with Gasteiger partial charge in [0.05, 0.1) is 5.56 Å². The zero-order valence-corrected chi connectivity index (χ0v) is 10.1. The monoisotopic (exact) mass is 242 g/mol. The van der Waals surface area contributed by atoms with Crippen LogP contribution in [-0.4, -0.2) is 16.1 Å². The van der Waals surface area contributed by atoms with Crippen molar-refractivity contribution in [1.29, 1.82) is 0 Å². The topological polar surface area (TPSA) is 62.2 Å². The van der Waals surface area contributed by atoms with Crippen LogP contribution in [0, 0.1) is 6.92 Å². The number of hydrogen-bond acceptors (Lipinski definition) is 3. The second-order valence-corrected chi connectivity index (χ2v) is 4.04. The van der Waals surface area contributed by atoms with Gasteiger partial charge in [0.2, 0.25) is 0 Å². The minimum Gasteiger partial charge on any atom is -0.478 e. The van der Waals surface area contributed by atoms with Crippen molar-refractivity contribution < 1.29 is 9.90 Å². The summed E-state index contributed by atoms with van der Waals surface area (Å²) in [5.74, 6) is -0.895. The molecule has 0 spiro atoms. The van der Waals surface area contributed by atoms with Gasteiger partial charge < -0.3 is 10.4 Å². The van der Waals surface area contributed by atoms with E-state index in [2.05, 4.69) is 10.3 Å². The van der Waals surface area contributed by atoms with E-state index in [1.165, 1.54) is 0 Å². The minimum absolute atomic E-state index is 0.337. The Kier molecular flexibility index (Phi) is 3.57.